The van der Waals surface area contributed by atoms with Gasteiger partial charge in [0.1, 0.15) is 5.75 Å². The third-order valence-corrected chi connectivity index (χ3v) is 4.78. The third kappa shape index (κ3) is 4.72. The average molecular weight is 378 g/mol. The van der Waals surface area contributed by atoms with Crippen LogP contribution in [0.1, 0.15) is 30.4 Å². The lowest BCUT2D eigenvalue weighted by Gasteiger charge is -2.43. The van der Waals surface area contributed by atoms with E-state index in [1.807, 2.05) is 30.3 Å². The van der Waals surface area contributed by atoms with Gasteiger partial charge in [-0.05, 0) is 55.5 Å². The molecule has 1 amide bonds. The van der Waals surface area contributed by atoms with Crippen LogP contribution in [-0.4, -0.2) is 18.8 Å². The molecule has 0 saturated heterocycles. The first-order valence-corrected chi connectivity index (χ1v) is 8.74. The lowest BCUT2D eigenvalue weighted by Crippen LogP contribution is -2.52. The van der Waals surface area contributed by atoms with Crippen molar-refractivity contribution in [3.05, 3.63) is 59.7 Å². The highest BCUT2D eigenvalue weighted by Crippen LogP contribution is 2.41. The van der Waals surface area contributed by atoms with Crippen molar-refractivity contribution in [1.29, 1.82) is 0 Å². The molecule has 0 heterocycles. The molecule has 0 bridgehead atoms. The fourth-order valence-electron chi connectivity index (χ4n) is 3.29. The zero-order chi connectivity index (χ0) is 19.5. The molecule has 7 heteroatoms. The number of hydrogen-bond donors (Lipinski definition) is 2. The van der Waals surface area contributed by atoms with E-state index in [0.717, 1.165) is 24.8 Å². The lowest BCUT2D eigenvalue weighted by molar-refractivity contribution is -0.274. The fraction of sp³-hybridized carbons (Fsp3) is 0.350. The van der Waals surface area contributed by atoms with Crippen LogP contribution < -0.4 is 15.4 Å². The average Bonchev–Trinajstić information content (AvgIpc) is 2.57. The van der Waals surface area contributed by atoms with Crippen molar-refractivity contribution in [3.8, 4) is 5.75 Å². The molecule has 144 valence electrons. The smallest absolute Gasteiger partial charge is 0.406 e. The van der Waals surface area contributed by atoms with E-state index in [-0.39, 0.29) is 23.7 Å². The van der Waals surface area contributed by atoms with Crippen LogP contribution in [0.2, 0.25) is 0 Å². The molecular formula is C20H21F3N2O2. The first-order valence-electron chi connectivity index (χ1n) is 8.74. The van der Waals surface area contributed by atoms with Gasteiger partial charge in [0.2, 0.25) is 5.91 Å². The van der Waals surface area contributed by atoms with Crippen LogP contribution in [0.5, 0.6) is 5.75 Å². The number of halogens is 3. The highest BCUT2D eigenvalue weighted by atomic mass is 19.4. The summed E-state index contributed by atoms with van der Waals surface area (Å²) in [6, 6.07) is 13.8. The highest BCUT2D eigenvalue weighted by molar-refractivity contribution is 5.82. The van der Waals surface area contributed by atoms with Gasteiger partial charge in [-0.25, -0.2) is 0 Å². The quantitative estimate of drug-likeness (QED) is 0.778. The SMILES string of the molecule is Cc1cc(OC(F)(F)F)ccc1NCC(=O)NC1(c2ccccc2)CCC1. The zero-order valence-corrected chi connectivity index (χ0v) is 14.9. The van der Waals surface area contributed by atoms with Gasteiger partial charge < -0.3 is 15.4 Å². The van der Waals surface area contributed by atoms with Gasteiger partial charge in [0.25, 0.3) is 0 Å². The molecule has 0 radical (unpaired) electrons. The minimum Gasteiger partial charge on any atom is -0.406 e. The fourth-order valence-corrected chi connectivity index (χ4v) is 3.29. The Bertz CT molecular complexity index is 803. The normalized spacial score (nSPS) is 15.6. The molecule has 0 unspecified atom stereocenters. The van der Waals surface area contributed by atoms with Crippen molar-refractivity contribution in [2.75, 3.05) is 11.9 Å². The molecule has 1 aliphatic rings. The summed E-state index contributed by atoms with van der Waals surface area (Å²) in [5.74, 6) is -0.443. The van der Waals surface area contributed by atoms with E-state index in [4.69, 9.17) is 0 Å². The zero-order valence-electron chi connectivity index (χ0n) is 14.9. The third-order valence-electron chi connectivity index (χ3n) is 4.78. The van der Waals surface area contributed by atoms with E-state index >= 15 is 0 Å². The number of aryl methyl sites for hydroxylation is 1. The molecule has 1 aliphatic carbocycles. The van der Waals surface area contributed by atoms with E-state index in [9.17, 15) is 18.0 Å². The van der Waals surface area contributed by atoms with Gasteiger partial charge in [0, 0.05) is 5.69 Å². The standard InChI is InChI=1S/C20H21F3N2O2/c1-14-12-16(27-20(21,22)23)8-9-17(14)24-13-18(26)25-19(10-5-11-19)15-6-3-2-4-7-15/h2-4,6-9,12,24H,5,10-11,13H2,1H3,(H,25,26). The number of hydrogen-bond acceptors (Lipinski definition) is 3. The summed E-state index contributed by atoms with van der Waals surface area (Å²) < 4.78 is 40.7. The first kappa shape index (κ1) is 19.1. The molecule has 2 N–H and O–H groups in total. The maximum atomic E-state index is 12.4. The number of carbonyl (C=O) groups excluding carboxylic acids is 1. The van der Waals surface area contributed by atoms with Crippen molar-refractivity contribution in [3.63, 3.8) is 0 Å². The van der Waals surface area contributed by atoms with E-state index in [2.05, 4.69) is 15.4 Å². The van der Waals surface area contributed by atoms with Gasteiger partial charge >= 0.3 is 6.36 Å². The second kappa shape index (κ2) is 7.50. The van der Waals surface area contributed by atoms with Crippen molar-refractivity contribution < 1.29 is 22.7 Å². The van der Waals surface area contributed by atoms with Gasteiger partial charge in [-0.1, -0.05) is 30.3 Å². The summed E-state index contributed by atoms with van der Waals surface area (Å²) in [5, 5.41) is 6.08. The Kier molecular flexibility index (Phi) is 5.30. The Balaban J connectivity index is 1.59. The topological polar surface area (TPSA) is 50.4 Å². The molecule has 0 atom stereocenters. The maximum absolute atomic E-state index is 12.4. The molecular weight excluding hydrogens is 357 g/mol. The number of anilines is 1. The monoisotopic (exact) mass is 378 g/mol. The Hall–Kier alpha value is -2.70. The lowest BCUT2D eigenvalue weighted by atomic mass is 9.72. The summed E-state index contributed by atoms with van der Waals surface area (Å²) in [7, 11) is 0. The van der Waals surface area contributed by atoms with Crippen molar-refractivity contribution >= 4 is 11.6 Å². The van der Waals surface area contributed by atoms with Crippen LogP contribution in [0.3, 0.4) is 0 Å². The molecule has 1 fully saturated rings. The summed E-state index contributed by atoms with van der Waals surface area (Å²) in [5.41, 5.74) is 1.92. The van der Waals surface area contributed by atoms with Crippen LogP contribution in [0, 0.1) is 6.92 Å². The summed E-state index contributed by atoms with van der Waals surface area (Å²) >= 11 is 0. The second-order valence-corrected chi connectivity index (χ2v) is 6.73. The predicted molar refractivity (Wildman–Crippen MR) is 96.5 cm³/mol. The first-order chi connectivity index (χ1) is 12.8. The number of ether oxygens (including phenoxy) is 1. The number of alkyl halides is 3. The highest BCUT2D eigenvalue weighted by Gasteiger charge is 2.39. The van der Waals surface area contributed by atoms with Crippen LogP contribution in [0.4, 0.5) is 18.9 Å². The Morgan fingerprint density at radius 2 is 1.85 bits per heavy atom. The van der Waals surface area contributed by atoms with Gasteiger partial charge in [0.05, 0.1) is 12.1 Å². The van der Waals surface area contributed by atoms with Crippen LogP contribution >= 0.6 is 0 Å². The number of amides is 1. The molecule has 3 rings (SSSR count). The Morgan fingerprint density at radius 1 is 1.15 bits per heavy atom. The molecule has 0 aliphatic heterocycles. The minimum atomic E-state index is -4.73. The molecule has 4 nitrogen and oxygen atoms in total. The molecule has 0 aromatic heterocycles. The van der Waals surface area contributed by atoms with Crippen LogP contribution in [0.25, 0.3) is 0 Å². The summed E-state index contributed by atoms with van der Waals surface area (Å²) in [6.07, 6.45) is -1.88. The molecule has 1 saturated carbocycles. The molecule has 27 heavy (non-hydrogen) atoms. The molecule has 0 spiro atoms. The van der Waals surface area contributed by atoms with Crippen LogP contribution in [-0.2, 0) is 10.3 Å². The number of carbonyl (C=O) groups is 1. The van der Waals surface area contributed by atoms with Crippen molar-refractivity contribution in [1.82, 2.24) is 5.32 Å². The largest absolute Gasteiger partial charge is 0.573 e. The molecule has 2 aromatic rings. The number of rotatable bonds is 6. The van der Waals surface area contributed by atoms with Gasteiger partial charge in [-0.2, -0.15) is 0 Å². The second-order valence-electron chi connectivity index (χ2n) is 6.73. The van der Waals surface area contributed by atoms with Crippen molar-refractivity contribution in [2.45, 2.75) is 38.1 Å². The van der Waals surface area contributed by atoms with E-state index in [1.54, 1.807) is 6.92 Å². The predicted octanol–water partition coefficient (Wildman–Crippen LogP) is 4.50. The van der Waals surface area contributed by atoms with Crippen molar-refractivity contribution in [2.24, 2.45) is 0 Å². The van der Waals surface area contributed by atoms with E-state index in [1.165, 1.54) is 18.2 Å². The van der Waals surface area contributed by atoms with E-state index in [0.29, 0.717) is 11.3 Å². The number of nitrogens with one attached hydrogen (secondary N) is 2. The molecule has 2 aromatic carbocycles. The van der Waals surface area contributed by atoms with Gasteiger partial charge in [-0.15, -0.1) is 13.2 Å². The van der Waals surface area contributed by atoms with Gasteiger partial charge in [-0.3, -0.25) is 4.79 Å². The summed E-state index contributed by atoms with van der Waals surface area (Å²) in [6.45, 7) is 1.69. The van der Waals surface area contributed by atoms with Crippen LogP contribution in [0.15, 0.2) is 48.5 Å². The Morgan fingerprint density at radius 3 is 2.41 bits per heavy atom. The number of benzene rings is 2. The van der Waals surface area contributed by atoms with E-state index < -0.39 is 6.36 Å². The minimum absolute atomic E-state index is 0.0366. The summed E-state index contributed by atoms with van der Waals surface area (Å²) in [4.78, 5) is 12.4. The van der Waals surface area contributed by atoms with Gasteiger partial charge in [0.15, 0.2) is 0 Å². The maximum Gasteiger partial charge on any atom is 0.573 e. The Labute approximate surface area is 155 Å².